The van der Waals surface area contributed by atoms with E-state index in [2.05, 4.69) is 17.3 Å². The third kappa shape index (κ3) is 2.63. The number of phenols is 1. The summed E-state index contributed by atoms with van der Waals surface area (Å²) in [5, 5.41) is 12.7. The number of hydrogen-bond acceptors (Lipinski definition) is 3. The minimum atomic E-state index is 0.337. The topological polar surface area (TPSA) is 35.5 Å². The average Bonchev–Trinajstić information content (AvgIpc) is 2.70. The van der Waals surface area contributed by atoms with Crippen molar-refractivity contribution in [1.82, 2.24) is 5.32 Å². The van der Waals surface area contributed by atoms with Gasteiger partial charge in [0.1, 0.15) is 5.75 Å². The predicted octanol–water partition coefficient (Wildman–Crippen LogP) is 1.44. The van der Waals surface area contributed by atoms with Gasteiger partial charge in [0, 0.05) is 25.3 Å². The van der Waals surface area contributed by atoms with Crippen LogP contribution in [0.15, 0.2) is 24.3 Å². The van der Waals surface area contributed by atoms with Crippen molar-refractivity contribution in [3.05, 3.63) is 24.3 Å². The smallest absolute Gasteiger partial charge is 0.117 e. The van der Waals surface area contributed by atoms with Gasteiger partial charge in [-0.3, -0.25) is 0 Å². The highest BCUT2D eigenvalue weighted by atomic mass is 16.3. The van der Waals surface area contributed by atoms with Gasteiger partial charge in [0.15, 0.2) is 0 Å². The van der Waals surface area contributed by atoms with Crippen molar-refractivity contribution < 1.29 is 5.11 Å². The normalized spacial score (nSPS) is 20.5. The van der Waals surface area contributed by atoms with Gasteiger partial charge in [0.05, 0.1) is 0 Å². The highest BCUT2D eigenvalue weighted by molar-refractivity contribution is 5.49. The molecule has 15 heavy (non-hydrogen) atoms. The molecule has 2 rings (SSSR count). The molecule has 0 amide bonds. The molecule has 0 radical (unpaired) electrons. The van der Waals surface area contributed by atoms with E-state index in [1.807, 2.05) is 18.2 Å². The lowest BCUT2D eigenvalue weighted by atomic mass is 10.1. The van der Waals surface area contributed by atoms with Crippen LogP contribution >= 0.6 is 0 Å². The molecular formula is C12H18N2O. The van der Waals surface area contributed by atoms with Crippen LogP contribution in [-0.4, -0.2) is 31.8 Å². The number of anilines is 1. The number of rotatable bonds is 3. The number of nitrogens with one attached hydrogen (secondary N) is 1. The van der Waals surface area contributed by atoms with Gasteiger partial charge < -0.3 is 15.3 Å². The molecule has 0 spiro atoms. The molecule has 1 saturated heterocycles. The summed E-state index contributed by atoms with van der Waals surface area (Å²) in [7, 11) is 2.08. The highest BCUT2D eigenvalue weighted by Gasteiger charge is 2.16. The lowest BCUT2D eigenvalue weighted by molar-refractivity contribution is 0.475. The van der Waals surface area contributed by atoms with Gasteiger partial charge in [-0.2, -0.15) is 0 Å². The Morgan fingerprint density at radius 2 is 2.40 bits per heavy atom. The standard InChI is InChI=1S/C12H18N2O/c1-14(9-10-5-6-13-8-10)11-3-2-4-12(15)7-11/h2-4,7,10,13,15H,5-6,8-9H2,1H3. The molecule has 82 valence electrons. The van der Waals surface area contributed by atoms with Crippen molar-refractivity contribution in [3.8, 4) is 5.75 Å². The third-order valence-corrected chi connectivity index (χ3v) is 2.96. The first-order valence-electron chi connectivity index (χ1n) is 5.46. The molecule has 0 bridgehead atoms. The van der Waals surface area contributed by atoms with Crippen LogP contribution in [0.3, 0.4) is 0 Å². The van der Waals surface area contributed by atoms with Crippen molar-refractivity contribution in [3.63, 3.8) is 0 Å². The fourth-order valence-corrected chi connectivity index (χ4v) is 2.09. The zero-order valence-electron chi connectivity index (χ0n) is 9.11. The summed E-state index contributed by atoms with van der Waals surface area (Å²) in [5.41, 5.74) is 1.09. The van der Waals surface area contributed by atoms with Gasteiger partial charge in [-0.1, -0.05) is 6.07 Å². The van der Waals surface area contributed by atoms with E-state index >= 15 is 0 Å². The fourth-order valence-electron chi connectivity index (χ4n) is 2.09. The molecular weight excluding hydrogens is 188 g/mol. The number of nitrogens with zero attached hydrogens (tertiary/aromatic N) is 1. The summed E-state index contributed by atoms with van der Waals surface area (Å²) < 4.78 is 0. The second-order valence-electron chi connectivity index (χ2n) is 4.26. The van der Waals surface area contributed by atoms with Crippen molar-refractivity contribution in [1.29, 1.82) is 0 Å². The van der Waals surface area contributed by atoms with E-state index in [-0.39, 0.29) is 0 Å². The molecule has 0 saturated carbocycles. The van der Waals surface area contributed by atoms with E-state index < -0.39 is 0 Å². The molecule has 0 aromatic heterocycles. The Kier molecular flexibility index (Phi) is 3.11. The zero-order chi connectivity index (χ0) is 10.7. The van der Waals surface area contributed by atoms with E-state index in [0.717, 1.165) is 31.2 Å². The molecule has 0 aliphatic carbocycles. The van der Waals surface area contributed by atoms with Crippen LogP contribution in [0.4, 0.5) is 5.69 Å². The maximum Gasteiger partial charge on any atom is 0.117 e. The Hall–Kier alpha value is -1.22. The van der Waals surface area contributed by atoms with Crippen LogP contribution in [0.5, 0.6) is 5.75 Å². The van der Waals surface area contributed by atoms with Crippen LogP contribution in [0.25, 0.3) is 0 Å². The van der Waals surface area contributed by atoms with Crippen LogP contribution in [0.2, 0.25) is 0 Å². The summed E-state index contributed by atoms with van der Waals surface area (Å²) >= 11 is 0. The summed E-state index contributed by atoms with van der Waals surface area (Å²) in [6, 6.07) is 7.42. The number of aromatic hydroxyl groups is 1. The summed E-state index contributed by atoms with van der Waals surface area (Å²) in [6.45, 7) is 3.30. The zero-order valence-corrected chi connectivity index (χ0v) is 9.11. The molecule has 1 aromatic carbocycles. The van der Waals surface area contributed by atoms with Gasteiger partial charge in [-0.05, 0) is 37.6 Å². The van der Waals surface area contributed by atoms with Gasteiger partial charge in [0.2, 0.25) is 0 Å². The highest BCUT2D eigenvalue weighted by Crippen LogP contribution is 2.20. The lowest BCUT2D eigenvalue weighted by Crippen LogP contribution is -2.26. The Morgan fingerprint density at radius 3 is 3.07 bits per heavy atom. The molecule has 1 aliphatic heterocycles. The monoisotopic (exact) mass is 206 g/mol. The van der Waals surface area contributed by atoms with E-state index in [1.165, 1.54) is 6.42 Å². The van der Waals surface area contributed by atoms with E-state index in [4.69, 9.17) is 0 Å². The molecule has 2 N–H and O–H groups in total. The predicted molar refractivity (Wildman–Crippen MR) is 62.4 cm³/mol. The van der Waals surface area contributed by atoms with Crippen molar-refractivity contribution >= 4 is 5.69 Å². The molecule has 1 heterocycles. The van der Waals surface area contributed by atoms with Gasteiger partial charge >= 0.3 is 0 Å². The van der Waals surface area contributed by atoms with Crippen LogP contribution in [0.1, 0.15) is 6.42 Å². The Labute approximate surface area is 90.7 Å². The van der Waals surface area contributed by atoms with Crippen LogP contribution in [0, 0.1) is 5.92 Å². The van der Waals surface area contributed by atoms with Crippen molar-refractivity contribution in [2.45, 2.75) is 6.42 Å². The molecule has 3 heteroatoms. The van der Waals surface area contributed by atoms with E-state index in [1.54, 1.807) is 6.07 Å². The number of benzene rings is 1. The Bertz CT molecular complexity index is 321. The minimum Gasteiger partial charge on any atom is -0.508 e. The lowest BCUT2D eigenvalue weighted by Gasteiger charge is -2.22. The maximum absolute atomic E-state index is 9.38. The van der Waals surface area contributed by atoms with Crippen molar-refractivity contribution in [2.75, 3.05) is 31.6 Å². The van der Waals surface area contributed by atoms with Gasteiger partial charge in [-0.15, -0.1) is 0 Å². The van der Waals surface area contributed by atoms with Crippen LogP contribution in [-0.2, 0) is 0 Å². The SMILES string of the molecule is CN(CC1CCNC1)c1cccc(O)c1. The number of phenolic OH excluding ortho intramolecular Hbond substituents is 1. The first kappa shape index (κ1) is 10.3. The summed E-state index contributed by atoms with van der Waals surface area (Å²) in [6.07, 6.45) is 1.25. The molecule has 1 fully saturated rings. The van der Waals surface area contributed by atoms with Crippen molar-refractivity contribution in [2.24, 2.45) is 5.92 Å². The first-order valence-corrected chi connectivity index (χ1v) is 5.46. The summed E-state index contributed by atoms with van der Waals surface area (Å²) in [5.74, 6) is 1.07. The average molecular weight is 206 g/mol. The third-order valence-electron chi connectivity index (χ3n) is 2.96. The second-order valence-corrected chi connectivity index (χ2v) is 4.26. The summed E-state index contributed by atoms with van der Waals surface area (Å²) in [4.78, 5) is 2.21. The molecule has 1 aromatic rings. The fraction of sp³-hybridized carbons (Fsp3) is 0.500. The van der Waals surface area contributed by atoms with Gasteiger partial charge in [-0.25, -0.2) is 0 Å². The second kappa shape index (κ2) is 4.53. The Balaban J connectivity index is 1.97. The molecule has 3 nitrogen and oxygen atoms in total. The minimum absolute atomic E-state index is 0.337. The van der Waals surface area contributed by atoms with E-state index in [0.29, 0.717) is 5.75 Å². The molecule has 1 atom stereocenters. The Morgan fingerprint density at radius 1 is 1.53 bits per heavy atom. The maximum atomic E-state index is 9.38. The molecule has 1 unspecified atom stereocenters. The first-order chi connectivity index (χ1) is 7.25. The van der Waals surface area contributed by atoms with Crippen LogP contribution < -0.4 is 10.2 Å². The quantitative estimate of drug-likeness (QED) is 0.785. The molecule has 1 aliphatic rings. The van der Waals surface area contributed by atoms with E-state index in [9.17, 15) is 5.11 Å². The van der Waals surface area contributed by atoms with Gasteiger partial charge in [0.25, 0.3) is 0 Å². The number of hydrogen-bond donors (Lipinski definition) is 2. The largest absolute Gasteiger partial charge is 0.508 e.